The van der Waals surface area contributed by atoms with E-state index in [1.807, 2.05) is 65.0 Å². The van der Waals surface area contributed by atoms with Crippen LogP contribution in [0.4, 0.5) is 26.6 Å². The number of aryl methyl sites for hydroxylation is 1. The highest BCUT2D eigenvalue weighted by Crippen LogP contribution is 2.30. The quantitative estimate of drug-likeness (QED) is 0.206. The van der Waals surface area contributed by atoms with E-state index in [4.69, 9.17) is 5.10 Å². The number of benzene rings is 2. The molecule has 3 aromatic heterocycles. The number of rotatable bonds is 6. The molecule has 5 rings (SSSR count). The van der Waals surface area contributed by atoms with Crippen LogP contribution >= 0.6 is 0 Å². The summed E-state index contributed by atoms with van der Waals surface area (Å²) >= 11 is 0. The minimum Gasteiger partial charge on any atom is -0.357 e. The molecule has 0 saturated heterocycles. The fraction of sp³-hybridized carbons (Fsp3) is 0.281. The zero-order valence-electron chi connectivity index (χ0n) is 25.3. The largest absolute Gasteiger partial charge is 0.357 e. The van der Waals surface area contributed by atoms with Crippen molar-refractivity contribution in [2.75, 3.05) is 23.0 Å². The van der Waals surface area contributed by atoms with Gasteiger partial charge in [-0.2, -0.15) is 10.1 Å². The Morgan fingerprint density at radius 1 is 1.00 bits per heavy atom. The maximum atomic E-state index is 15.2. The van der Waals surface area contributed by atoms with Crippen LogP contribution in [0.1, 0.15) is 51.9 Å². The van der Waals surface area contributed by atoms with Crippen LogP contribution in [0.2, 0.25) is 0 Å². The van der Waals surface area contributed by atoms with Crippen molar-refractivity contribution in [2.24, 2.45) is 0 Å². The van der Waals surface area contributed by atoms with Crippen LogP contribution in [-0.2, 0) is 5.41 Å². The monoisotopic (exact) mass is 582 g/mol. The summed E-state index contributed by atoms with van der Waals surface area (Å²) in [4.78, 5) is 35.8. The molecule has 0 aliphatic rings. The first-order chi connectivity index (χ1) is 20.4. The zero-order chi connectivity index (χ0) is 31.1. The topological polar surface area (TPSA) is 119 Å². The minimum absolute atomic E-state index is 0.0719. The van der Waals surface area contributed by atoms with E-state index in [0.717, 1.165) is 11.4 Å². The van der Waals surface area contributed by atoms with Gasteiger partial charge in [0, 0.05) is 41.7 Å². The number of pyridine rings is 1. The number of hydrogen-bond acceptors (Lipinski definition) is 6. The molecule has 0 aliphatic carbocycles. The zero-order valence-corrected chi connectivity index (χ0v) is 25.3. The van der Waals surface area contributed by atoms with E-state index in [0.29, 0.717) is 39.5 Å². The molecule has 0 radical (unpaired) electrons. The van der Waals surface area contributed by atoms with E-state index >= 15 is 4.39 Å². The molecule has 43 heavy (non-hydrogen) atoms. The van der Waals surface area contributed by atoms with Crippen molar-refractivity contribution in [3.8, 4) is 16.8 Å². The van der Waals surface area contributed by atoms with E-state index in [1.165, 1.54) is 12.1 Å². The third kappa shape index (κ3) is 5.83. The molecule has 0 spiro atoms. The van der Waals surface area contributed by atoms with Gasteiger partial charge in [-0.3, -0.25) is 14.7 Å². The van der Waals surface area contributed by atoms with Crippen molar-refractivity contribution in [2.45, 2.75) is 53.0 Å². The van der Waals surface area contributed by atoms with Crippen molar-refractivity contribution in [3.05, 3.63) is 88.2 Å². The number of amides is 2. The van der Waals surface area contributed by atoms with Crippen molar-refractivity contribution < 1.29 is 9.18 Å². The molecule has 0 saturated carbocycles. The number of carbonyl (C=O) groups excluding carboxylic acids is 1. The van der Waals surface area contributed by atoms with Gasteiger partial charge in [0.05, 0.1) is 17.1 Å². The molecule has 0 atom stereocenters. The van der Waals surface area contributed by atoms with Gasteiger partial charge in [-0.05, 0) is 62.2 Å². The smallest absolute Gasteiger partial charge is 0.324 e. The van der Waals surface area contributed by atoms with Crippen molar-refractivity contribution >= 4 is 34.5 Å². The lowest BCUT2D eigenvalue weighted by Crippen LogP contribution is -2.25. The number of aromatic nitrogens is 5. The van der Waals surface area contributed by atoms with Crippen LogP contribution in [0.3, 0.4) is 0 Å². The fourth-order valence-corrected chi connectivity index (χ4v) is 4.84. The average molecular weight is 583 g/mol. The fourth-order valence-electron chi connectivity index (χ4n) is 4.84. The molecule has 5 aromatic rings. The predicted molar refractivity (Wildman–Crippen MR) is 169 cm³/mol. The molecule has 3 N–H and O–H groups in total. The van der Waals surface area contributed by atoms with Gasteiger partial charge < -0.3 is 10.6 Å². The van der Waals surface area contributed by atoms with Crippen LogP contribution in [0.5, 0.6) is 0 Å². The van der Waals surface area contributed by atoms with Gasteiger partial charge >= 0.3 is 6.03 Å². The van der Waals surface area contributed by atoms with E-state index in [9.17, 15) is 9.59 Å². The highest BCUT2D eigenvalue weighted by atomic mass is 19.1. The lowest BCUT2D eigenvalue weighted by molar-refractivity contribution is 0.262. The van der Waals surface area contributed by atoms with Gasteiger partial charge in [0.2, 0.25) is 5.95 Å². The number of nitrogens with one attached hydrogen (secondary N) is 3. The van der Waals surface area contributed by atoms with E-state index in [-0.39, 0.29) is 22.7 Å². The Bertz CT molecular complexity index is 1890. The minimum atomic E-state index is -0.655. The van der Waals surface area contributed by atoms with Crippen LogP contribution in [0.25, 0.3) is 27.8 Å². The first-order valence-electron chi connectivity index (χ1n) is 14.0. The molecule has 0 aliphatic heterocycles. The molecule has 2 aromatic carbocycles. The Labute approximate surface area is 249 Å². The summed E-state index contributed by atoms with van der Waals surface area (Å²) in [6.07, 6.45) is 1.64. The number of fused-ring (bicyclic) bond motifs is 1. The summed E-state index contributed by atoms with van der Waals surface area (Å²) < 4.78 is 18.5. The lowest BCUT2D eigenvalue weighted by Gasteiger charge is -2.17. The van der Waals surface area contributed by atoms with Gasteiger partial charge in [0.15, 0.2) is 0 Å². The Morgan fingerprint density at radius 2 is 1.72 bits per heavy atom. The molecule has 0 fully saturated rings. The Hall–Kier alpha value is -5.06. The summed E-state index contributed by atoms with van der Waals surface area (Å²) in [7, 11) is 1.71. The average Bonchev–Trinajstić information content (AvgIpc) is 3.38. The third-order valence-corrected chi connectivity index (χ3v) is 7.09. The first kappa shape index (κ1) is 29.4. The second-order valence-electron chi connectivity index (χ2n) is 11.7. The number of urea groups is 1. The predicted octanol–water partition coefficient (Wildman–Crippen LogP) is 6.66. The molecule has 0 unspecified atom stereocenters. The first-order valence-corrected chi connectivity index (χ1v) is 14.0. The molecular weight excluding hydrogens is 547 g/mol. The number of para-hydroxylation sites is 1. The maximum absolute atomic E-state index is 15.2. The summed E-state index contributed by atoms with van der Waals surface area (Å²) in [5.74, 6) is 0.194. The lowest BCUT2D eigenvalue weighted by atomic mass is 9.92. The molecular formula is C32H35FN8O2. The Balaban J connectivity index is 1.53. The third-order valence-electron chi connectivity index (χ3n) is 7.09. The van der Waals surface area contributed by atoms with E-state index in [2.05, 4.69) is 25.9 Å². The number of hydrogen-bond donors (Lipinski definition) is 3. The summed E-state index contributed by atoms with van der Waals surface area (Å²) in [5.41, 5.74) is 2.78. The summed E-state index contributed by atoms with van der Waals surface area (Å²) in [5, 5.41) is 13.7. The molecule has 10 nitrogen and oxygen atoms in total. The van der Waals surface area contributed by atoms with Gasteiger partial charge in [0.25, 0.3) is 5.56 Å². The number of nitrogens with zero attached hydrogens (tertiary/aromatic N) is 5. The second-order valence-corrected chi connectivity index (χ2v) is 11.7. The van der Waals surface area contributed by atoms with Crippen LogP contribution in [-0.4, -0.2) is 37.4 Å². The number of anilines is 3. The van der Waals surface area contributed by atoms with E-state index in [1.54, 1.807) is 41.5 Å². The van der Waals surface area contributed by atoms with Gasteiger partial charge in [-0.1, -0.05) is 39.0 Å². The molecule has 2 amide bonds. The molecule has 0 bridgehead atoms. The Morgan fingerprint density at radius 3 is 2.37 bits per heavy atom. The van der Waals surface area contributed by atoms with Crippen LogP contribution < -0.4 is 21.5 Å². The standard InChI is InChI=1S/C32H35FN8O2/c1-18(2)40-28-20(17-35-30(34-7)38-28)14-23(29(40)42)22-15-25(24(33)13-19(22)3)36-31(43)37-27-16-26(32(4,5)6)39-41(27)21-11-9-8-10-12-21/h8-18H,1-7H3,(H,34,35,38)(H2,36,37,43). The number of carbonyl (C=O) groups is 1. The SMILES string of the molecule is CNc1ncc2cc(-c3cc(NC(=O)Nc4cc(C(C)(C)C)nn4-c4ccccc4)c(F)cc3C)c(=O)n(C(C)C)c2n1. The van der Waals surface area contributed by atoms with Crippen molar-refractivity contribution in [1.82, 2.24) is 24.3 Å². The molecule has 3 heterocycles. The van der Waals surface area contributed by atoms with Gasteiger partial charge in [-0.25, -0.2) is 18.9 Å². The van der Waals surface area contributed by atoms with Crippen LogP contribution in [0.15, 0.2) is 65.6 Å². The van der Waals surface area contributed by atoms with Crippen LogP contribution in [0, 0.1) is 12.7 Å². The van der Waals surface area contributed by atoms with Crippen molar-refractivity contribution in [1.29, 1.82) is 0 Å². The summed E-state index contributed by atoms with van der Waals surface area (Å²) in [6, 6.07) is 14.9. The second kappa shape index (κ2) is 11.3. The number of halogens is 1. The normalized spacial score (nSPS) is 11.7. The highest BCUT2D eigenvalue weighted by molar-refractivity contribution is 6.00. The maximum Gasteiger partial charge on any atom is 0.324 e. The molecule has 11 heteroatoms. The van der Waals surface area contributed by atoms with Crippen molar-refractivity contribution in [3.63, 3.8) is 0 Å². The van der Waals surface area contributed by atoms with E-state index < -0.39 is 11.8 Å². The van der Waals surface area contributed by atoms with Gasteiger partial charge in [0.1, 0.15) is 17.3 Å². The highest BCUT2D eigenvalue weighted by Gasteiger charge is 2.23. The Kier molecular flexibility index (Phi) is 7.74. The molecule has 222 valence electrons. The summed E-state index contributed by atoms with van der Waals surface area (Å²) in [6.45, 7) is 11.6. The van der Waals surface area contributed by atoms with Gasteiger partial charge in [-0.15, -0.1) is 0 Å².